The second-order valence-electron chi connectivity index (χ2n) is 6.00. The molecule has 0 spiro atoms. The van der Waals surface area contributed by atoms with Crippen LogP contribution < -0.4 is 10.6 Å². The Morgan fingerprint density at radius 3 is 2.70 bits per heavy atom. The number of carbonyl (C=O) groups is 4. The molecule has 8 nitrogen and oxygen atoms in total. The normalized spacial score (nSPS) is 28.1. The van der Waals surface area contributed by atoms with Crippen molar-refractivity contribution in [1.82, 2.24) is 20.4 Å². The average Bonchev–Trinajstić information content (AvgIpc) is 2.55. The summed E-state index contributed by atoms with van der Waals surface area (Å²) in [6, 6.07) is -0.827. The van der Waals surface area contributed by atoms with Crippen molar-refractivity contribution in [2.24, 2.45) is 0 Å². The smallest absolute Gasteiger partial charge is 0.242 e. The molecule has 2 aliphatic rings. The molecule has 2 saturated heterocycles. The lowest BCUT2D eigenvalue weighted by Gasteiger charge is -2.38. The van der Waals surface area contributed by atoms with Gasteiger partial charge in [0.15, 0.2) is 0 Å². The summed E-state index contributed by atoms with van der Waals surface area (Å²) < 4.78 is 0. The fourth-order valence-corrected chi connectivity index (χ4v) is 2.79. The van der Waals surface area contributed by atoms with E-state index in [4.69, 9.17) is 0 Å². The van der Waals surface area contributed by atoms with Gasteiger partial charge in [0.2, 0.25) is 23.6 Å². The quantitative estimate of drug-likeness (QED) is 0.577. The van der Waals surface area contributed by atoms with Crippen molar-refractivity contribution in [1.29, 1.82) is 0 Å². The van der Waals surface area contributed by atoms with Crippen LogP contribution in [0.15, 0.2) is 0 Å². The topological polar surface area (TPSA) is 98.8 Å². The molecule has 0 aromatic heterocycles. The van der Waals surface area contributed by atoms with Crippen molar-refractivity contribution in [3.63, 3.8) is 0 Å². The van der Waals surface area contributed by atoms with E-state index >= 15 is 0 Å². The third-order valence-corrected chi connectivity index (χ3v) is 4.30. The molecule has 2 heterocycles. The average molecular weight is 323 g/mol. The summed E-state index contributed by atoms with van der Waals surface area (Å²) >= 11 is 0. The molecule has 8 heteroatoms. The molecule has 2 N–H and O–H groups in total. The Balaban J connectivity index is 2.12. The highest BCUT2D eigenvalue weighted by atomic mass is 16.2. The molecule has 0 aromatic rings. The number of likely N-dealkylation sites (N-methyl/N-ethyl adjacent to an activating group) is 1. The molecule has 1 radical (unpaired) electrons. The lowest BCUT2D eigenvalue weighted by atomic mass is 10.0. The first kappa shape index (κ1) is 17.2. The standard InChI is InChI=1S/C15H23N4O4/c1-10-15(23)16-8-14(22)18(2)11-4-3-7-19(9-11)13(21)6-5-12(20)17-10/h6,10-11H,3-5,7-9H2,1-2H3,(H,16,23)(H,17,20). The molecule has 2 bridgehead atoms. The number of nitrogens with one attached hydrogen (secondary N) is 2. The minimum absolute atomic E-state index is 0.0631. The summed E-state index contributed by atoms with van der Waals surface area (Å²) in [4.78, 5) is 51.3. The molecule has 2 unspecified atom stereocenters. The number of rotatable bonds is 0. The molecular formula is C15H23N4O4. The lowest BCUT2D eigenvalue weighted by Crippen LogP contribution is -2.54. The van der Waals surface area contributed by atoms with Crippen LogP contribution in [0.5, 0.6) is 0 Å². The van der Waals surface area contributed by atoms with Crippen LogP contribution in [0.1, 0.15) is 26.2 Å². The second-order valence-corrected chi connectivity index (χ2v) is 6.00. The first-order chi connectivity index (χ1) is 10.9. The maximum atomic E-state index is 12.2. The molecule has 0 aliphatic carbocycles. The molecular weight excluding hydrogens is 300 g/mol. The van der Waals surface area contributed by atoms with Crippen molar-refractivity contribution in [2.45, 2.75) is 38.3 Å². The third-order valence-electron chi connectivity index (χ3n) is 4.30. The van der Waals surface area contributed by atoms with Crippen molar-refractivity contribution in [3.05, 3.63) is 6.42 Å². The minimum Gasteiger partial charge on any atom is -0.345 e. The number of amides is 4. The van der Waals surface area contributed by atoms with Crippen LogP contribution in [0, 0.1) is 6.42 Å². The van der Waals surface area contributed by atoms with Crippen LogP contribution in [0.3, 0.4) is 0 Å². The Hall–Kier alpha value is -2.12. The van der Waals surface area contributed by atoms with Gasteiger partial charge in [0.25, 0.3) is 0 Å². The summed E-state index contributed by atoms with van der Waals surface area (Å²) in [5, 5.41) is 5.04. The van der Waals surface area contributed by atoms with E-state index in [-0.39, 0.29) is 30.8 Å². The van der Waals surface area contributed by atoms with Gasteiger partial charge in [0.1, 0.15) is 6.04 Å². The Morgan fingerprint density at radius 1 is 1.22 bits per heavy atom. The van der Waals surface area contributed by atoms with E-state index in [1.807, 2.05) is 0 Å². The van der Waals surface area contributed by atoms with Gasteiger partial charge in [-0.05, 0) is 19.8 Å². The molecule has 23 heavy (non-hydrogen) atoms. The fourth-order valence-electron chi connectivity index (χ4n) is 2.79. The maximum Gasteiger partial charge on any atom is 0.242 e. The van der Waals surface area contributed by atoms with Crippen molar-refractivity contribution in [2.75, 3.05) is 26.7 Å². The van der Waals surface area contributed by atoms with Gasteiger partial charge in [0, 0.05) is 32.6 Å². The molecule has 2 fully saturated rings. The monoisotopic (exact) mass is 323 g/mol. The predicted molar refractivity (Wildman–Crippen MR) is 81.9 cm³/mol. The van der Waals surface area contributed by atoms with Gasteiger partial charge in [0.05, 0.1) is 13.0 Å². The van der Waals surface area contributed by atoms with Gasteiger partial charge in [-0.1, -0.05) is 0 Å². The molecule has 4 amide bonds. The Labute approximate surface area is 135 Å². The lowest BCUT2D eigenvalue weighted by molar-refractivity contribution is -0.138. The van der Waals surface area contributed by atoms with E-state index in [1.165, 1.54) is 13.3 Å². The van der Waals surface area contributed by atoms with E-state index in [0.29, 0.717) is 13.1 Å². The molecule has 127 valence electrons. The van der Waals surface area contributed by atoms with Crippen LogP contribution in [-0.2, 0) is 19.2 Å². The SMILES string of the molecule is CC1NC(=O)C[CH]C(=O)N2CCCC(C2)N(C)C(=O)CNC1=O. The van der Waals surface area contributed by atoms with Gasteiger partial charge >= 0.3 is 0 Å². The van der Waals surface area contributed by atoms with E-state index in [1.54, 1.807) is 16.8 Å². The molecule has 0 aromatic carbocycles. The zero-order valence-electron chi connectivity index (χ0n) is 13.5. The zero-order valence-corrected chi connectivity index (χ0v) is 13.5. The van der Waals surface area contributed by atoms with Crippen LogP contribution in [0.4, 0.5) is 0 Å². The van der Waals surface area contributed by atoms with Gasteiger partial charge in [-0.3, -0.25) is 19.2 Å². The molecule has 2 rings (SSSR count). The van der Waals surface area contributed by atoms with Crippen LogP contribution >= 0.6 is 0 Å². The summed E-state index contributed by atoms with van der Waals surface area (Å²) in [7, 11) is 1.69. The molecule has 2 atom stereocenters. The Bertz CT molecular complexity index is 508. The highest BCUT2D eigenvalue weighted by molar-refractivity contribution is 5.94. The van der Waals surface area contributed by atoms with Gasteiger partial charge in [-0.2, -0.15) is 0 Å². The number of fused-ring (bicyclic) bond motifs is 2. The highest BCUT2D eigenvalue weighted by Crippen LogP contribution is 2.16. The minimum atomic E-state index is -0.758. The predicted octanol–water partition coefficient (Wildman–Crippen LogP) is -1.34. The van der Waals surface area contributed by atoms with Crippen LogP contribution in [0.2, 0.25) is 0 Å². The second kappa shape index (κ2) is 7.43. The number of piperidine rings is 1. The first-order valence-corrected chi connectivity index (χ1v) is 7.83. The highest BCUT2D eigenvalue weighted by Gasteiger charge is 2.29. The third kappa shape index (κ3) is 4.43. The number of hydrogen-bond acceptors (Lipinski definition) is 4. The fraction of sp³-hybridized carbons (Fsp3) is 0.667. The van der Waals surface area contributed by atoms with Crippen molar-refractivity contribution in [3.8, 4) is 0 Å². The van der Waals surface area contributed by atoms with Crippen molar-refractivity contribution >= 4 is 23.6 Å². The molecule has 0 saturated carbocycles. The van der Waals surface area contributed by atoms with Gasteiger partial charge in [-0.15, -0.1) is 0 Å². The summed E-state index contributed by atoms with van der Waals surface area (Å²) in [6.45, 7) is 2.49. The van der Waals surface area contributed by atoms with Gasteiger partial charge in [-0.25, -0.2) is 0 Å². The number of nitrogens with zero attached hydrogens (tertiary/aromatic N) is 2. The Morgan fingerprint density at radius 2 is 1.96 bits per heavy atom. The maximum absolute atomic E-state index is 12.2. The number of carbonyl (C=O) groups excluding carboxylic acids is 4. The van der Waals surface area contributed by atoms with E-state index in [9.17, 15) is 19.2 Å². The number of hydrogen-bond donors (Lipinski definition) is 2. The summed E-state index contributed by atoms with van der Waals surface area (Å²) in [6.07, 6.45) is 2.89. The zero-order chi connectivity index (χ0) is 17.0. The molecule has 2 aliphatic heterocycles. The van der Waals surface area contributed by atoms with E-state index in [0.717, 1.165) is 12.8 Å². The van der Waals surface area contributed by atoms with Gasteiger partial charge < -0.3 is 20.4 Å². The van der Waals surface area contributed by atoms with E-state index < -0.39 is 17.9 Å². The van der Waals surface area contributed by atoms with Crippen LogP contribution in [-0.4, -0.2) is 72.2 Å². The van der Waals surface area contributed by atoms with Crippen LogP contribution in [0.25, 0.3) is 0 Å². The Kier molecular flexibility index (Phi) is 5.57. The first-order valence-electron chi connectivity index (χ1n) is 7.83. The van der Waals surface area contributed by atoms with Crippen molar-refractivity contribution < 1.29 is 19.2 Å². The summed E-state index contributed by atoms with van der Waals surface area (Å²) in [5.74, 6) is -1.24. The summed E-state index contributed by atoms with van der Waals surface area (Å²) in [5.41, 5.74) is 0. The van der Waals surface area contributed by atoms with E-state index in [2.05, 4.69) is 10.6 Å². The largest absolute Gasteiger partial charge is 0.345 e.